The molecule has 0 spiro atoms. The van der Waals surface area contributed by atoms with E-state index in [1.54, 1.807) is 0 Å². The van der Waals surface area contributed by atoms with Crippen LogP contribution in [0.25, 0.3) is 0 Å². The second-order valence-corrected chi connectivity index (χ2v) is 6.11. The van der Waals surface area contributed by atoms with Crippen LogP contribution in [0.1, 0.15) is 12.8 Å². The molecule has 1 aromatic rings. The lowest BCUT2D eigenvalue weighted by molar-refractivity contribution is -0.136. The van der Waals surface area contributed by atoms with Crippen LogP contribution < -0.4 is 0 Å². The van der Waals surface area contributed by atoms with Crippen LogP contribution in [0.4, 0.5) is 4.39 Å². The number of aliphatic carboxylic acids is 1. The fourth-order valence-electron chi connectivity index (χ4n) is 1.80. The van der Waals surface area contributed by atoms with Gasteiger partial charge in [0.2, 0.25) is 0 Å². The number of carbonyl (C=O) groups is 1. The highest BCUT2D eigenvalue weighted by atomic mass is 32.2. The van der Waals surface area contributed by atoms with Crippen molar-refractivity contribution in [2.24, 2.45) is 5.92 Å². The largest absolute Gasteiger partial charge is 0.480 e. The molecule has 17 heavy (non-hydrogen) atoms. The Morgan fingerprint density at radius 1 is 1.35 bits per heavy atom. The van der Waals surface area contributed by atoms with Gasteiger partial charge in [-0.1, -0.05) is 12.1 Å². The van der Waals surface area contributed by atoms with Crippen molar-refractivity contribution in [3.8, 4) is 0 Å². The first-order valence-electron chi connectivity index (χ1n) is 5.16. The zero-order chi connectivity index (χ0) is 12.6. The van der Waals surface area contributed by atoms with Gasteiger partial charge < -0.3 is 5.11 Å². The maximum atomic E-state index is 13.4. The van der Waals surface area contributed by atoms with E-state index in [9.17, 15) is 17.6 Å². The van der Waals surface area contributed by atoms with Crippen molar-refractivity contribution in [2.75, 3.05) is 0 Å². The van der Waals surface area contributed by atoms with Crippen molar-refractivity contribution >= 4 is 15.8 Å². The molecule has 0 aliphatic heterocycles. The fraction of sp³-hybridized carbons (Fsp3) is 0.364. The molecule has 0 saturated heterocycles. The summed E-state index contributed by atoms with van der Waals surface area (Å²) in [6.45, 7) is 0. The van der Waals surface area contributed by atoms with Crippen LogP contribution in [0.3, 0.4) is 0 Å². The summed E-state index contributed by atoms with van der Waals surface area (Å²) in [4.78, 5) is 10.5. The van der Waals surface area contributed by atoms with Crippen LogP contribution in [-0.2, 0) is 14.6 Å². The van der Waals surface area contributed by atoms with E-state index in [0.29, 0.717) is 12.8 Å². The molecule has 1 atom stereocenters. The van der Waals surface area contributed by atoms with Gasteiger partial charge in [0.1, 0.15) is 10.7 Å². The lowest BCUT2D eigenvalue weighted by Crippen LogP contribution is -2.32. The van der Waals surface area contributed by atoms with Crippen LogP contribution in [0.15, 0.2) is 29.2 Å². The average Bonchev–Trinajstić information content (AvgIpc) is 3.01. The van der Waals surface area contributed by atoms with Crippen molar-refractivity contribution in [1.29, 1.82) is 0 Å². The van der Waals surface area contributed by atoms with E-state index >= 15 is 0 Å². The van der Waals surface area contributed by atoms with Gasteiger partial charge in [-0.05, 0) is 30.9 Å². The monoisotopic (exact) mass is 258 g/mol. The predicted octanol–water partition coefficient (Wildman–Crippen LogP) is 1.46. The second-order valence-electron chi connectivity index (χ2n) is 4.07. The molecule has 0 aromatic heterocycles. The maximum absolute atomic E-state index is 13.4. The zero-order valence-electron chi connectivity index (χ0n) is 8.84. The van der Waals surface area contributed by atoms with E-state index < -0.39 is 37.7 Å². The van der Waals surface area contributed by atoms with E-state index in [-0.39, 0.29) is 0 Å². The molecular formula is C11H11FO4S. The molecular weight excluding hydrogens is 247 g/mol. The smallest absolute Gasteiger partial charge is 0.322 e. The van der Waals surface area contributed by atoms with Crippen LogP contribution in [0, 0.1) is 11.7 Å². The van der Waals surface area contributed by atoms with Crippen molar-refractivity contribution in [2.45, 2.75) is 23.0 Å². The van der Waals surface area contributed by atoms with Gasteiger partial charge in [-0.25, -0.2) is 12.8 Å². The van der Waals surface area contributed by atoms with E-state index in [4.69, 9.17) is 5.11 Å². The molecule has 1 unspecified atom stereocenters. The number of carboxylic acid groups (broad SMARTS) is 1. The van der Waals surface area contributed by atoms with Gasteiger partial charge in [0.25, 0.3) is 0 Å². The first-order valence-corrected chi connectivity index (χ1v) is 6.70. The summed E-state index contributed by atoms with van der Waals surface area (Å²) in [6, 6.07) is 4.85. The Hall–Kier alpha value is -1.43. The molecule has 92 valence electrons. The van der Waals surface area contributed by atoms with Crippen LogP contribution in [-0.4, -0.2) is 24.7 Å². The minimum atomic E-state index is -4.14. The number of benzene rings is 1. The van der Waals surface area contributed by atoms with E-state index in [1.807, 2.05) is 0 Å². The fourth-order valence-corrected chi connectivity index (χ4v) is 3.72. The standard InChI is InChI=1S/C11H11FO4S/c12-8-3-1-2-4-9(8)17(15,16)10(11(13)14)7-5-6-7/h1-4,7,10H,5-6H2,(H,13,14). The summed E-state index contributed by atoms with van der Waals surface area (Å²) in [5.41, 5.74) is 0. The SMILES string of the molecule is O=C(O)C(C1CC1)S(=O)(=O)c1ccccc1F. The molecule has 1 N–H and O–H groups in total. The lowest BCUT2D eigenvalue weighted by atomic mass is 10.3. The number of sulfone groups is 1. The summed E-state index contributed by atoms with van der Waals surface area (Å²) >= 11 is 0. The maximum Gasteiger partial charge on any atom is 0.322 e. The normalized spacial score (nSPS) is 17.7. The molecule has 1 saturated carbocycles. The second kappa shape index (κ2) is 4.10. The summed E-state index contributed by atoms with van der Waals surface area (Å²) in [5, 5.41) is 7.44. The lowest BCUT2D eigenvalue weighted by Gasteiger charge is -2.12. The third-order valence-corrected chi connectivity index (χ3v) is 4.97. The average molecular weight is 258 g/mol. The number of carboxylic acids is 1. The number of hydrogen-bond acceptors (Lipinski definition) is 3. The Balaban J connectivity index is 2.48. The Morgan fingerprint density at radius 2 is 1.94 bits per heavy atom. The topological polar surface area (TPSA) is 71.4 Å². The summed E-state index contributed by atoms with van der Waals surface area (Å²) in [5.74, 6) is -2.70. The van der Waals surface area contributed by atoms with Crippen molar-refractivity contribution in [3.05, 3.63) is 30.1 Å². The van der Waals surface area contributed by atoms with Gasteiger partial charge in [-0.3, -0.25) is 4.79 Å². The van der Waals surface area contributed by atoms with Crippen molar-refractivity contribution in [3.63, 3.8) is 0 Å². The first-order chi connectivity index (χ1) is 7.94. The van der Waals surface area contributed by atoms with Gasteiger partial charge in [0.15, 0.2) is 15.1 Å². The third-order valence-electron chi connectivity index (χ3n) is 2.77. The molecule has 1 aliphatic rings. The van der Waals surface area contributed by atoms with Gasteiger partial charge >= 0.3 is 5.97 Å². The van der Waals surface area contributed by atoms with Crippen LogP contribution in [0.5, 0.6) is 0 Å². The van der Waals surface area contributed by atoms with Crippen molar-refractivity contribution in [1.82, 2.24) is 0 Å². The minimum absolute atomic E-state index is 0.392. The van der Waals surface area contributed by atoms with Crippen LogP contribution in [0.2, 0.25) is 0 Å². The zero-order valence-corrected chi connectivity index (χ0v) is 9.65. The minimum Gasteiger partial charge on any atom is -0.480 e. The molecule has 2 rings (SSSR count). The highest BCUT2D eigenvalue weighted by molar-refractivity contribution is 7.92. The molecule has 0 heterocycles. The Bertz CT molecular complexity index is 548. The highest BCUT2D eigenvalue weighted by Crippen LogP contribution is 2.38. The summed E-state index contributed by atoms with van der Waals surface area (Å²) in [7, 11) is -4.14. The molecule has 0 radical (unpaired) electrons. The van der Waals surface area contributed by atoms with Gasteiger partial charge in [0, 0.05) is 0 Å². The molecule has 0 amide bonds. The van der Waals surface area contributed by atoms with E-state index in [0.717, 1.165) is 12.1 Å². The quantitative estimate of drug-likeness (QED) is 0.887. The first kappa shape index (κ1) is 12.0. The molecule has 1 fully saturated rings. The summed E-state index contributed by atoms with van der Waals surface area (Å²) in [6.07, 6.45) is 1.12. The molecule has 6 heteroatoms. The Morgan fingerprint density at radius 3 is 2.41 bits per heavy atom. The van der Waals surface area contributed by atoms with Gasteiger partial charge in [0.05, 0.1) is 0 Å². The summed E-state index contributed by atoms with van der Waals surface area (Å²) < 4.78 is 37.5. The molecule has 0 bridgehead atoms. The number of rotatable bonds is 4. The third kappa shape index (κ3) is 2.17. The van der Waals surface area contributed by atoms with Crippen LogP contribution >= 0.6 is 0 Å². The molecule has 1 aliphatic carbocycles. The highest BCUT2D eigenvalue weighted by Gasteiger charge is 2.46. The Labute approximate surface area is 98.0 Å². The molecule has 1 aromatic carbocycles. The molecule has 4 nitrogen and oxygen atoms in total. The van der Waals surface area contributed by atoms with Crippen molar-refractivity contribution < 1.29 is 22.7 Å². The number of halogens is 1. The predicted molar refractivity (Wildman–Crippen MR) is 57.7 cm³/mol. The number of hydrogen-bond donors (Lipinski definition) is 1. The van der Waals surface area contributed by atoms with Gasteiger partial charge in [-0.2, -0.15) is 0 Å². The van der Waals surface area contributed by atoms with E-state index in [1.165, 1.54) is 12.1 Å². The van der Waals surface area contributed by atoms with Gasteiger partial charge in [-0.15, -0.1) is 0 Å². The Kier molecular flexibility index (Phi) is 2.91. The van der Waals surface area contributed by atoms with E-state index in [2.05, 4.69) is 0 Å².